The zero-order valence-corrected chi connectivity index (χ0v) is 15.4. The van der Waals surface area contributed by atoms with Crippen molar-refractivity contribution >= 4 is 29.1 Å². The first kappa shape index (κ1) is 18.2. The number of rotatable bonds is 5. The number of amides is 1. The molecule has 2 aromatic heterocycles. The molecule has 0 unspecified atom stereocenters. The maximum absolute atomic E-state index is 12.2. The minimum absolute atomic E-state index is 0.157. The number of fused-ring (bicyclic) bond motifs is 1. The van der Waals surface area contributed by atoms with E-state index in [4.69, 9.17) is 8.83 Å². The third-order valence-electron chi connectivity index (χ3n) is 4.46. The van der Waals surface area contributed by atoms with Crippen molar-refractivity contribution in [2.24, 2.45) is 5.10 Å². The Bertz CT molecular complexity index is 1220. The van der Waals surface area contributed by atoms with E-state index in [2.05, 4.69) is 10.5 Å². The molecule has 2 aromatic carbocycles. The Morgan fingerprint density at radius 1 is 1.03 bits per heavy atom. The number of carboxylic acids is 1. The molecule has 0 saturated carbocycles. The van der Waals surface area contributed by atoms with E-state index in [1.807, 2.05) is 18.2 Å². The molecule has 4 rings (SSSR count). The number of carbonyl (C=O) groups excluding carboxylic acids is 1. The zero-order chi connectivity index (χ0) is 20.4. The van der Waals surface area contributed by atoms with Crippen LogP contribution in [0.5, 0.6) is 0 Å². The SMILES string of the molecule is Cc1c(C(=O)O)cccc1-c1ccc(/C=N/NC(=O)c2cc3ccccc3o2)o1. The summed E-state index contributed by atoms with van der Waals surface area (Å²) in [6, 6.07) is 17.3. The second kappa shape index (κ2) is 7.47. The maximum atomic E-state index is 12.2. The highest BCUT2D eigenvalue weighted by molar-refractivity contribution is 5.96. The Kier molecular flexibility index (Phi) is 4.70. The van der Waals surface area contributed by atoms with Crippen molar-refractivity contribution in [1.82, 2.24) is 5.43 Å². The number of nitrogens with one attached hydrogen (secondary N) is 1. The van der Waals surface area contributed by atoms with Crippen molar-refractivity contribution < 1.29 is 23.5 Å². The summed E-state index contributed by atoms with van der Waals surface area (Å²) in [5.74, 6) is -0.398. The molecule has 29 heavy (non-hydrogen) atoms. The number of carboxylic acid groups (broad SMARTS) is 1. The van der Waals surface area contributed by atoms with E-state index in [9.17, 15) is 14.7 Å². The van der Waals surface area contributed by atoms with Gasteiger partial charge in [-0.3, -0.25) is 4.79 Å². The van der Waals surface area contributed by atoms with Gasteiger partial charge in [-0.15, -0.1) is 0 Å². The van der Waals surface area contributed by atoms with Gasteiger partial charge < -0.3 is 13.9 Å². The molecule has 0 atom stereocenters. The predicted molar refractivity (Wildman–Crippen MR) is 107 cm³/mol. The molecular weight excluding hydrogens is 372 g/mol. The Balaban J connectivity index is 1.48. The van der Waals surface area contributed by atoms with Gasteiger partial charge in [0.25, 0.3) is 0 Å². The number of hydrazone groups is 1. The molecule has 0 fully saturated rings. The van der Waals surface area contributed by atoms with Crippen LogP contribution < -0.4 is 5.43 Å². The monoisotopic (exact) mass is 388 g/mol. The molecule has 1 amide bonds. The summed E-state index contributed by atoms with van der Waals surface area (Å²) in [5.41, 5.74) is 4.51. The van der Waals surface area contributed by atoms with Crippen molar-refractivity contribution in [3.05, 3.63) is 83.3 Å². The number of hydrogen-bond acceptors (Lipinski definition) is 5. The molecule has 0 spiro atoms. The van der Waals surface area contributed by atoms with Gasteiger partial charge in [0.15, 0.2) is 5.76 Å². The van der Waals surface area contributed by atoms with Crippen molar-refractivity contribution in [2.75, 3.05) is 0 Å². The largest absolute Gasteiger partial charge is 0.478 e. The highest BCUT2D eigenvalue weighted by Gasteiger charge is 2.14. The van der Waals surface area contributed by atoms with Crippen LogP contribution in [0, 0.1) is 6.92 Å². The van der Waals surface area contributed by atoms with Crippen LogP contribution in [0.4, 0.5) is 0 Å². The van der Waals surface area contributed by atoms with Gasteiger partial charge in [-0.2, -0.15) is 5.10 Å². The normalized spacial score (nSPS) is 11.2. The number of aromatic carboxylic acids is 1. The number of benzene rings is 2. The van der Waals surface area contributed by atoms with Gasteiger partial charge in [0.2, 0.25) is 0 Å². The van der Waals surface area contributed by atoms with E-state index in [1.54, 1.807) is 49.4 Å². The van der Waals surface area contributed by atoms with E-state index >= 15 is 0 Å². The molecule has 4 aromatic rings. The Morgan fingerprint density at radius 3 is 2.66 bits per heavy atom. The van der Waals surface area contributed by atoms with Gasteiger partial charge in [-0.05, 0) is 42.8 Å². The summed E-state index contributed by atoms with van der Waals surface area (Å²) in [4.78, 5) is 23.5. The fourth-order valence-electron chi connectivity index (χ4n) is 3.00. The Labute approximate surface area is 165 Å². The first-order valence-corrected chi connectivity index (χ1v) is 8.78. The van der Waals surface area contributed by atoms with Gasteiger partial charge in [0.05, 0.1) is 11.8 Å². The smallest absolute Gasteiger partial charge is 0.335 e. The summed E-state index contributed by atoms with van der Waals surface area (Å²) >= 11 is 0. The van der Waals surface area contributed by atoms with Crippen LogP contribution in [0.15, 0.2) is 74.6 Å². The molecule has 7 nitrogen and oxygen atoms in total. The second-order valence-corrected chi connectivity index (χ2v) is 6.33. The summed E-state index contributed by atoms with van der Waals surface area (Å²) in [6.45, 7) is 1.72. The lowest BCUT2D eigenvalue weighted by Gasteiger charge is -2.05. The average molecular weight is 388 g/mol. The van der Waals surface area contributed by atoms with E-state index in [-0.39, 0.29) is 11.3 Å². The molecule has 0 radical (unpaired) electrons. The fourth-order valence-corrected chi connectivity index (χ4v) is 3.00. The molecule has 2 heterocycles. The van der Waals surface area contributed by atoms with E-state index < -0.39 is 11.9 Å². The predicted octanol–water partition coefficient (Wildman–Crippen LogP) is 4.46. The molecule has 0 aliphatic rings. The van der Waals surface area contributed by atoms with Crippen LogP contribution >= 0.6 is 0 Å². The summed E-state index contributed by atoms with van der Waals surface area (Å²) < 4.78 is 11.2. The van der Waals surface area contributed by atoms with Gasteiger partial charge >= 0.3 is 11.9 Å². The van der Waals surface area contributed by atoms with Crippen LogP contribution in [0.3, 0.4) is 0 Å². The van der Waals surface area contributed by atoms with Crippen LogP contribution in [-0.2, 0) is 0 Å². The van der Waals surface area contributed by atoms with Crippen molar-refractivity contribution in [2.45, 2.75) is 6.92 Å². The highest BCUT2D eigenvalue weighted by atomic mass is 16.4. The van der Waals surface area contributed by atoms with Crippen LogP contribution in [0.25, 0.3) is 22.3 Å². The standard InChI is InChI=1S/C22H16N2O5/c1-13-16(6-4-7-17(13)22(26)27)19-10-9-15(28-19)12-23-24-21(25)20-11-14-5-2-3-8-18(14)29-20/h2-12H,1H3,(H,24,25)(H,26,27)/b23-12+. The van der Waals surface area contributed by atoms with Crippen LogP contribution in [0.2, 0.25) is 0 Å². The van der Waals surface area contributed by atoms with Crippen molar-refractivity contribution in [3.63, 3.8) is 0 Å². The van der Waals surface area contributed by atoms with Gasteiger partial charge in [0.1, 0.15) is 17.1 Å². The summed E-state index contributed by atoms with van der Waals surface area (Å²) in [5, 5.41) is 14.0. The van der Waals surface area contributed by atoms with Crippen molar-refractivity contribution in [3.8, 4) is 11.3 Å². The molecule has 144 valence electrons. The quantitative estimate of drug-likeness (QED) is 0.388. The van der Waals surface area contributed by atoms with Gasteiger partial charge in [0, 0.05) is 10.9 Å². The van der Waals surface area contributed by atoms with E-state index in [0.717, 1.165) is 5.39 Å². The molecule has 0 bridgehead atoms. The van der Waals surface area contributed by atoms with Crippen molar-refractivity contribution in [1.29, 1.82) is 0 Å². The molecule has 0 aliphatic heterocycles. The lowest BCUT2D eigenvalue weighted by Crippen LogP contribution is -2.16. The fraction of sp³-hybridized carbons (Fsp3) is 0.0455. The number of para-hydroxylation sites is 1. The minimum atomic E-state index is -0.994. The second-order valence-electron chi connectivity index (χ2n) is 6.33. The maximum Gasteiger partial charge on any atom is 0.335 e. The first-order chi connectivity index (χ1) is 14.0. The molecule has 0 saturated heterocycles. The molecule has 7 heteroatoms. The Hall–Kier alpha value is -4.13. The van der Waals surface area contributed by atoms with E-state index in [1.165, 1.54) is 6.21 Å². The van der Waals surface area contributed by atoms with Gasteiger partial charge in [-0.25, -0.2) is 10.2 Å². The first-order valence-electron chi connectivity index (χ1n) is 8.78. The topological polar surface area (TPSA) is 105 Å². The lowest BCUT2D eigenvalue weighted by atomic mass is 10.0. The summed E-state index contributed by atoms with van der Waals surface area (Å²) in [7, 11) is 0. The third kappa shape index (κ3) is 3.66. The Morgan fingerprint density at radius 2 is 1.86 bits per heavy atom. The number of nitrogens with zero attached hydrogens (tertiary/aromatic N) is 1. The zero-order valence-electron chi connectivity index (χ0n) is 15.4. The molecular formula is C22H16N2O5. The van der Waals surface area contributed by atoms with E-state index in [0.29, 0.717) is 28.2 Å². The van der Waals surface area contributed by atoms with Crippen LogP contribution in [-0.4, -0.2) is 23.2 Å². The summed E-state index contributed by atoms with van der Waals surface area (Å²) in [6.07, 6.45) is 1.36. The average Bonchev–Trinajstić information content (AvgIpc) is 3.34. The number of furan rings is 2. The highest BCUT2D eigenvalue weighted by Crippen LogP contribution is 2.27. The molecule has 2 N–H and O–H groups in total. The molecule has 0 aliphatic carbocycles. The van der Waals surface area contributed by atoms with Gasteiger partial charge in [-0.1, -0.05) is 30.3 Å². The number of carbonyl (C=O) groups is 2. The minimum Gasteiger partial charge on any atom is -0.478 e. The number of hydrogen-bond donors (Lipinski definition) is 2. The third-order valence-corrected chi connectivity index (χ3v) is 4.46. The van der Waals surface area contributed by atoms with Crippen LogP contribution in [0.1, 0.15) is 32.2 Å². The lowest BCUT2D eigenvalue weighted by molar-refractivity contribution is 0.0696.